The minimum Gasteiger partial charge on any atom is -0.496 e. The second-order valence-electron chi connectivity index (χ2n) is 6.71. The van der Waals surface area contributed by atoms with Gasteiger partial charge in [0.05, 0.1) is 7.11 Å². The summed E-state index contributed by atoms with van der Waals surface area (Å²) in [7, 11) is 3.47. The van der Waals surface area contributed by atoms with Gasteiger partial charge in [-0.05, 0) is 38.8 Å². The Morgan fingerprint density at radius 2 is 2.04 bits per heavy atom. The summed E-state index contributed by atoms with van der Waals surface area (Å²) in [5.41, 5.74) is 1.09. The highest BCUT2D eigenvalue weighted by Crippen LogP contribution is 2.20. The van der Waals surface area contributed by atoms with E-state index in [9.17, 15) is 4.79 Å². The number of likely N-dealkylation sites (N-methyl/N-ethyl adjacent to an activating group) is 1. The molecule has 1 aromatic carbocycles. The van der Waals surface area contributed by atoms with Crippen molar-refractivity contribution in [3.63, 3.8) is 0 Å². The second-order valence-corrected chi connectivity index (χ2v) is 6.71. The number of rotatable bonds is 8. The summed E-state index contributed by atoms with van der Waals surface area (Å²) in [4.78, 5) is 14.1. The van der Waals surface area contributed by atoms with Crippen LogP contribution in [0.15, 0.2) is 30.6 Å². The summed E-state index contributed by atoms with van der Waals surface area (Å²) in [6.45, 7) is 6.72. The van der Waals surface area contributed by atoms with E-state index in [0.717, 1.165) is 23.6 Å². The zero-order chi connectivity index (χ0) is 19.1. The third-order valence-corrected chi connectivity index (χ3v) is 4.52. The Morgan fingerprint density at radius 3 is 2.73 bits per heavy atom. The molecule has 2 amide bonds. The van der Waals surface area contributed by atoms with E-state index in [-0.39, 0.29) is 12.1 Å². The van der Waals surface area contributed by atoms with Crippen molar-refractivity contribution in [1.82, 2.24) is 25.0 Å². The molecule has 7 nitrogen and oxygen atoms in total. The van der Waals surface area contributed by atoms with Crippen molar-refractivity contribution < 1.29 is 9.53 Å². The first kappa shape index (κ1) is 19.8. The molecule has 2 aromatic rings. The van der Waals surface area contributed by atoms with Gasteiger partial charge in [-0.15, -0.1) is 10.2 Å². The number of methoxy groups -OCH3 is 1. The molecule has 0 spiro atoms. The third kappa shape index (κ3) is 4.97. The van der Waals surface area contributed by atoms with Crippen LogP contribution in [0.2, 0.25) is 0 Å². The summed E-state index contributed by atoms with van der Waals surface area (Å²) in [5, 5.41) is 11.0. The van der Waals surface area contributed by atoms with Crippen molar-refractivity contribution in [2.45, 2.75) is 45.7 Å². The molecule has 0 saturated heterocycles. The highest BCUT2D eigenvalue weighted by Gasteiger charge is 2.17. The van der Waals surface area contributed by atoms with Gasteiger partial charge in [0.1, 0.15) is 17.9 Å². The van der Waals surface area contributed by atoms with E-state index in [1.807, 2.05) is 42.8 Å². The maximum Gasteiger partial charge on any atom is 0.317 e. The lowest BCUT2D eigenvalue weighted by Gasteiger charge is -2.26. The van der Waals surface area contributed by atoms with E-state index in [1.165, 1.54) is 0 Å². The zero-order valence-electron chi connectivity index (χ0n) is 16.3. The van der Waals surface area contributed by atoms with Gasteiger partial charge in [-0.1, -0.05) is 18.2 Å². The SMILES string of the molecule is COc1ccccc1CC(C)N(C)C(=O)NCCc1nncn1C(C)C. The summed E-state index contributed by atoms with van der Waals surface area (Å²) in [6, 6.07) is 8.15. The minimum absolute atomic E-state index is 0.0469. The number of amides is 2. The maximum atomic E-state index is 12.4. The fraction of sp³-hybridized carbons (Fsp3) is 0.526. The molecule has 0 saturated carbocycles. The van der Waals surface area contributed by atoms with Gasteiger partial charge in [-0.25, -0.2) is 4.79 Å². The number of aromatic nitrogens is 3. The molecule has 0 fully saturated rings. The van der Waals surface area contributed by atoms with Gasteiger partial charge in [0.2, 0.25) is 0 Å². The Bertz CT molecular complexity index is 713. The van der Waals surface area contributed by atoms with Gasteiger partial charge in [-0.2, -0.15) is 0 Å². The van der Waals surface area contributed by atoms with Crippen molar-refractivity contribution in [3.8, 4) is 5.75 Å². The molecule has 1 atom stereocenters. The molecule has 142 valence electrons. The first-order valence-corrected chi connectivity index (χ1v) is 8.95. The number of nitrogens with zero attached hydrogens (tertiary/aromatic N) is 4. The van der Waals surface area contributed by atoms with Crippen LogP contribution in [-0.2, 0) is 12.8 Å². The number of hydrogen-bond acceptors (Lipinski definition) is 4. The molecule has 2 rings (SSSR count). The van der Waals surface area contributed by atoms with Gasteiger partial charge in [-0.3, -0.25) is 0 Å². The highest BCUT2D eigenvalue weighted by atomic mass is 16.5. The number of para-hydroxylation sites is 1. The fourth-order valence-electron chi connectivity index (χ4n) is 2.81. The smallest absolute Gasteiger partial charge is 0.317 e. The molecular weight excluding hydrogens is 330 g/mol. The highest BCUT2D eigenvalue weighted by molar-refractivity contribution is 5.74. The Hall–Kier alpha value is -2.57. The van der Waals surface area contributed by atoms with Crippen molar-refractivity contribution in [1.29, 1.82) is 0 Å². The molecule has 0 bridgehead atoms. The summed E-state index contributed by atoms with van der Waals surface area (Å²) >= 11 is 0. The third-order valence-electron chi connectivity index (χ3n) is 4.52. The maximum absolute atomic E-state index is 12.4. The van der Waals surface area contributed by atoms with Gasteiger partial charge in [0, 0.05) is 32.1 Å². The minimum atomic E-state index is -0.0944. The molecule has 1 N–H and O–H groups in total. The lowest BCUT2D eigenvalue weighted by Crippen LogP contribution is -2.44. The number of carbonyl (C=O) groups excluding carboxylic acids is 1. The molecule has 0 aliphatic heterocycles. The largest absolute Gasteiger partial charge is 0.496 e. The van der Waals surface area contributed by atoms with Crippen LogP contribution < -0.4 is 10.1 Å². The number of ether oxygens (including phenoxy) is 1. The predicted octanol–water partition coefficient (Wildman–Crippen LogP) is 2.68. The van der Waals surface area contributed by atoms with Crippen molar-refractivity contribution in [3.05, 3.63) is 42.0 Å². The fourth-order valence-corrected chi connectivity index (χ4v) is 2.81. The van der Waals surface area contributed by atoms with Gasteiger partial charge < -0.3 is 19.5 Å². The van der Waals surface area contributed by atoms with E-state index in [0.29, 0.717) is 19.0 Å². The number of benzene rings is 1. The molecule has 0 aliphatic carbocycles. The molecule has 1 heterocycles. The number of carbonyl (C=O) groups is 1. The van der Waals surface area contributed by atoms with Gasteiger partial charge in [0.25, 0.3) is 0 Å². The van der Waals surface area contributed by atoms with Crippen LogP contribution >= 0.6 is 0 Å². The lowest BCUT2D eigenvalue weighted by atomic mass is 10.1. The van der Waals surface area contributed by atoms with Crippen molar-refractivity contribution >= 4 is 6.03 Å². The monoisotopic (exact) mass is 359 g/mol. The topological polar surface area (TPSA) is 72.3 Å². The summed E-state index contributed by atoms with van der Waals surface area (Å²) in [6.07, 6.45) is 3.11. The average Bonchev–Trinajstić information content (AvgIpc) is 3.10. The molecule has 26 heavy (non-hydrogen) atoms. The van der Waals surface area contributed by atoms with Crippen LogP contribution in [0, 0.1) is 0 Å². The van der Waals surface area contributed by atoms with Crippen molar-refractivity contribution in [2.24, 2.45) is 0 Å². The first-order chi connectivity index (χ1) is 12.4. The van der Waals surface area contributed by atoms with Gasteiger partial charge in [0.15, 0.2) is 0 Å². The predicted molar refractivity (Wildman–Crippen MR) is 101 cm³/mol. The normalized spacial score (nSPS) is 12.1. The van der Waals surface area contributed by atoms with E-state index in [2.05, 4.69) is 29.4 Å². The molecule has 1 aromatic heterocycles. The summed E-state index contributed by atoms with van der Waals surface area (Å²) in [5.74, 6) is 1.73. The lowest BCUT2D eigenvalue weighted by molar-refractivity contribution is 0.193. The quantitative estimate of drug-likeness (QED) is 0.786. The van der Waals surface area contributed by atoms with E-state index >= 15 is 0 Å². The molecule has 0 aliphatic rings. The Morgan fingerprint density at radius 1 is 1.31 bits per heavy atom. The Kier molecular flexibility index (Phi) is 7.00. The van der Waals surface area contributed by atoms with Crippen LogP contribution in [0.1, 0.15) is 38.2 Å². The van der Waals surface area contributed by atoms with Crippen LogP contribution in [0.5, 0.6) is 5.75 Å². The van der Waals surface area contributed by atoms with E-state index < -0.39 is 0 Å². The number of urea groups is 1. The van der Waals surface area contributed by atoms with Crippen LogP contribution in [-0.4, -0.2) is 52.4 Å². The first-order valence-electron chi connectivity index (χ1n) is 8.95. The second kappa shape index (κ2) is 9.22. The molecule has 0 radical (unpaired) electrons. The standard InChI is InChI=1S/C19H29N5O2/c1-14(2)24-13-21-22-18(24)10-11-20-19(25)23(4)15(3)12-16-8-6-7-9-17(16)26-5/h6-9,13-15H,10-12H2,1-5H3,(H,20,25). The molecule has 7 heteroatoms. The Labute approximate surface area is 155 Å². The molecule has 1 unspecified atom stereocenters. The van der Waals surface area contributed by atoms with Crippen molar-refractivity contribution in [2.75, 3.05) is 20.7 Å². The number of nitrogens with one attached hydrogen (secondary N) is 1. The van der Waals surface area contributed by atoms with Crippen LogP contribution in [0.3, 0.4) is 0 Å². The number of hydrogen-bond donors (Lipinski definition) is 1. The summed E-state index contributed by atoms with van der Waals surface area (Å²) < 4.78 is 7.40. The average molecular weight is 359 g/mol. The van der Waals surface area contributed by atoms with Gasteiger partial charge >= 0.3 is 6.03 Å². The van der Waals surface area contributed by atoms with Crippen LogP contribution in [0.4, 0.5) is 4.79 Å². The molecular formula is C19H29N5O2. The van der Waals surface area contributed by atoms with E-state index in [1.54, 1.807) is 18.3 Å². The zero-order valence-corrected chi connectivity index (χ0v) is 16.3. The Balaban J connectivity index is 1.85. The van der Waals surface area contributed by atoms with E-state index in [4.69, 9.17) is 4.74 Å². The van der Waals surface area contributed by atoms with Crippen LogP contribution in [0.25, 0.3) is 0 Å².